The Labute approximate surface area is 67.9 Å². The highest BCUT2D eigenvalue weighted by Gasteiger charge is 1.94. The second kappa shape index (κ2) is 4.06. The predicted octanol–water partition coefficient (Wildman–Crippen LogP) is 1.71. The maximum atomic E-state index is 8.46. The van der Waals surface area contributed by atoms with Crippen molar-refractivity contribution in [1.82, 2.24) is 4.98 Å². The average molecular weight is 186 g/mol. The molecule has 0 aliphatic carbocycles. The highest BCUT2D eigenvalue weighted by Crippen LogP contribution is 2.16. The van der Waals surface area contributed by atoms with Crippen LogP contribution < -0.4 is 0 Å². The molecule has 0 amide bonds. The van der Waals surface area contributed by atoms with Crippen LogP contribution in [0.5, 0.6) is 0 Å². The third kappa shape index (κ3) is 2.49. The largest absolute Gasteiger partial charge is 0.391 e. The van der Waals surface area contributed by atoms with Gasteiger partial charge in [-0.15, -0.1) is 23.7 Å². The van der Waals surface area contributed by atoms with Gasteiger partial charge < -0.3 is 5.11 Å². The van der Waals surface area contributed by atoms with Gasteiger partial charge in [-0.2, -0.15) is 0 Å². The lowest BCUT2D eigenvalue weighted by atomic mass is 10.6. The van der Waals surface area contributed by atoms with E-state index in [0.717, 1.165) is 4.88 Å². The fourth-order valence-electron chi connectivity index (χ4n) is 0.357. The molecule has 5 heteroatoms. The summed E-state index contributed by atoms with van der Waals surface area (Å²) >= 11 is 6.73. The molecule has 0 bridgehead atoms. The van der Waals surface area contributed by atoms with Crippen LogP contribution in [0.25, 0.3) is 0 Å². The molecule has 52 valence electrons. The topological polar surface area (TPSA) is 33.1 Å². The van der Waals surface area contributed by atoms with Crippen molar-refractivity contribution in [1.29, 1.82) is 0 Å². The van der Waals surface area contributed by atoms with E-state index in [2.05, 4.69) is 4.98 Å². The molecule has 2 nitrogen and oxygen atoms in total. The van der Waals surface area contributed by atoms with Crippen LogP contribution in [0, 0.1) is 0 Å². The third-order valence-electron chi connectivity index (χ3n) is 0.681. The Hall–Kier alpha value is 0.170. The molecule has 1 aromatic heterocycles. The van der Waals surface area contributed by atoms with E-state index in [-0.39, 0.29) is 19.0 Å². The number of aliphatic hydroxyl groups is 1. The van der Waals surface area contributed by atoms with Gasteiger partial charge in [0.2, 0.25) is 0 Å². The number of hydrogen-bond acceptors (Lipinski definition) is 3. The van der Waals surface area contributed by atoms with Crippen LogP contribution in [0.3, 0.4) is 0 Å². The second-order valence-electron chi connectivity index (χ2n) is 1.24. The molecule has 0 unspecified atom stereocenters. The van der Waals surface area contributed by atoms with Crippen molar-refractivity contribution in [2.24, 2.45) is 0 Å². The molecule has 0 aliphatic rings. The molecule has 9 heavy (non-hydrogen) atoms. The summed E-state index contributed by atoms with van der Waals surface area (Å²) in [5.74, 6) is 0. The molecular formula is C4H5Cl2NOS. The summed E-state index contributed by atoms with van der Waals surface area (Å²) < 4.78 is 0.481. The summed E-state index contributed by atoms with van der Waals surface area (Å²) in [6.45, 7) is 0.0321. The van der Waals surface area contributed by atoms with Crippen molar-refractivity contribution < 1.29 is 5.11 Å². The molecule has 1 heterocycles. The summed E-state index contributed by atoms with van der Waals surface area (Å²) in [4.78, 5) is 4.51. The first-order valence-electron chi connectivity index (χ1n) is 2.04. The summed E-state index contributed by atoms with van der Waals surface area (Å²) in [7, 11) is 0. The first-order valence-corrected chi connectivity index (χ1v) is 3.23. The molecule has 0 atom stereocenters. The summed E-state index contributed by atoms with van der Waals surface area (Å²) in [6, 6.07) is 0. The summed E-state index contributed by atoms with van der Waals surface area (Å²) in [5.41, 5.74) is 0. The van der Waals surface area contributed by atoms with E-state index < -0.39 is 0 Å². The van der Waals surface area contributed by atoms with Crippen LogP contribution in [-0.2, 0) is 6.61 Å². The van der Waals surface area contributed by atoms with Gasteiger partial charge in [0.25, 0.3) is 0 Å². The van der Waals surface area contributed by atoms with Gasteiger partial charge in [0.05, 0.1) is 11.5 Å². The van der Waals surface area contributed by atoms with Gasteiger partial charge in [-0.05, 0) is 0 Å². The highest BCUT2D eigenvalue weighted by molar-refractivity contribution is 7.15. The first kappa shape index (κ1) is 9.17. The normalized spacial score (nSPS) is 8.67. The maximum Gasteiger partial charge on any atom is 0.183 e. The number of rotatable bonds is 1. The van der Waals surface area contributed by atoms with Crippen molar-refractivity contribution in [3.05, 3.63) is 15.5 Å². The Balaban J connectivity index is 0.000000640. The second-order valence-corrected chi connectivity index (χ2v) is 2.93. The van der Waals surface area contributed by atoms with Crippen LogP contribution in [0.2, 0.25) is 4.47 Å². The smallest absolute Gasteiger partial charge is 0.183 e. The van der Waals surface area contributed by atoms with E-state index in [4.69, 9.17) is 16.7 Å². The summed E-state index contributed by atoms with van der Waals surface area (Å²) in [5, 5.41) is 8.46. The Morgan fingerprint density at radius 1 is 1.78 bits per heavy atom. The number of thiazole rings is 1. The van der Waals surface area contributed by atoms with Gasteiger partial charge >= 0.3 is 0 Å². The molecular weight excluding hydrogens is 181 g/mol. The van der Waals surface area contributed by atoms with Crippen LogP contribution >= 0.6 is 35.3 Å². The molecule has 0 saturated carbocycles. The van der Waals surface area contributed by atoms with Crippen molar-refractivity contribution in [2.75, 3.05) is 0 Å². The quantitative estimate of drug-likeness (QED) is 0.724. The zero-order chi connectivity index (χ0) is 5.98. The van der Waals surface area contributed by atoms with Gasteiger partial charge in [0.15, 0.2) is 4.47 Å². The number of hydrogen-bond donors (Lipinski definition) is 1. The van der Waals surface area contributed by atoms with Crippen LogP contribution in [-0.4, -0.2) is 10.1 Å². The Bertz CT molecular complexity index is 179. The SMILES string of the molecule is Cl.OCc1cnc(Cl)s1. The fraction of sp³-hybridized carbons (Fsp3) is 0.250. The lowest BCUT2D eigenvalue weighted by Gasteiger charge is -1.77. The highest BCUT2D eigenvalue weighted by atomic mass is 35.5. The van der Waals surface area contributed by atoms with Crippen LogP contribution in [0.1, 0.15) is 4.88 Å². The van der Waals surface area contributed by atoms with Gasteiger partial charge in [-0.3, -0.25) is 0 Å². The molecule has 0 fully saturated rings. The number of aromatic nitrogens is 1. The Kier molecular flexibility index (Phi) is 4.14. The zero-order valence-corrected chi connectivity index (χ0v) is 6.76. The van der Waals surface area contributed by atoms with Crippen LogP contribution in [0.4, 0.5) is 0 Å². The predicted molar refractivity (Wildman–Crippen MR) is 40.3 cm³/mol. The molecule has 1 aromatic rings. The summed E-state index contributed by atoms with van der Waals surface area (Å²) in [6.07, 6.45) is 1.56. The molecule has 0 aliphatic heterocycles. The first-order chi connectivity index (χ1) is 3.83. The van der Waals surface area contributed by atoms with E-state index in [0.29, 0.717) is 4.47 Å². The molecule has 0 spiro atoms. The maximum absolute atomic E-state index is 8.46. The van der Waals surface area contributed by atoms with Crippen molar-refractivity contribution in [3.8, 4) is 0 Å². The van der Waals surface area contributed by atoms with E-state index in [9.17, 15) is 0 Å². The average Bonchev–Trinajstić information content (AvgIpc) is 2.14. The minimum Gasteiger partial charge on any atom is -0.391 e. The minimum absolute atomic E-state index is 0. The molecule has 1 rings (SSSR count). The van der Waals surface area contributed by atoms with E-state index in [1.165, 1.54) is 11.3 Å². The fourth-order valence-corrected chi connectivity index (χ4v) is 1.19. The van der Waals surface area contributed by atoms with E-state index in [1.807, 2.05) is 0 Å². The number of nitrogens with zero attached hydrogens (tertiary/aromatic N) is 1. The van der Waals surface area contributed by atoms with Crippen molar-refractivity contribution in [2.45, 2.75) is 6.61 Å². The Morgan fingerprint density at radius 2 is 2.44 bits per heavy atom. The van der Waals surface area contributed by atoms with Crippen molar-refractivity contribution in [3.63, 3.8) is 0 Å². The monoisotopic (exact) mass is 185 g/mol. The lowest BCUT2D eigenvalue weighted by molar-refractivity contribution is 0.285. The van der Waals surface area contributed by atoms with E-state index in [1.54, 1.807) is 6.20 Å². The molecule has 0 saturated heterocycles. The minimum atomic E-state index is 0. The molecule has 0 aromatic carbocycles. The van der Waals surface area contributed by atoms with E-state index >= 15 is 0 Å². The Morgan fingerprint density at radius 3 is 2.67 bits per heavy atom. The van der Waals surface area contributed by atoms with Gasteiger partial charge in [0.1, 0.15) is 0 Å². The molecule has 0 radical (unpaired) electrons. The lowest BCUT2D eigenvalue weighted by Crippen LogP contribution is -1.70. The van der Waals surface area contributed by atoms with Gasteiger partial charge in [-0.25, -0.2) is 4.98 Å². The number of halogens is 2. The van der Waals surface area contributed by atoms with Crippen LogP contribution in [0.15, 0.2) is 6.20 Å². The third-order valence-corrected chi connectivity index (χ3v) is 1.78. The zero-order valence-electron chi connectivity index (χ0n) is 4.37. The molecule has 1 N–H and O–H groups in total. The van der Waals surface area contributed by atoms with Crippen molar-refractivity contribution >= 4 is 35.3 Å². The van der Waals surface area contributed by atoms with Gasteiger partial charge in [-0.1, -0.05) is 11.6 Å². The standard InChI is InChI=1S/C4H4ClNOS.ClH/c5-4-6-1-3(2-7)8-4;/h1,7H,2H2;1H. The number of aliphatic hydroxyl groups excluding tert-OH is 1. The van der Waals surface area contributed by atoms with Gasteiger partial charge in [0, 0.05) is 6.20 Å².